The molecule has 1 heterocycles. The number of hydrogen-bond acceptors (Lipinski definition) is 4. The lowest BCUT2D eigenvalue weighted by Gasteiger charge is -2.07. The lowest BCUT2D eigenvalue weighted by atomic mass is 10.2. The van der Waals surface area contributed by atoms with Gasteiger partial charge in [0.2, 0.25) is 0 Å². The molecule has 1 aromatic heterocycles. The van der Waals surface area contributed by atoms with Gasteiger partial charge in [0, 0.05) is 15.7 Å². The summed E-state index contributed by atoms with van der Waals surface area (Å²) in [5.74, 6) is 0. The number of benzene rings is 1. The Labute approximate surface area is 125 Å². The molecule has 0 bridgehead atoms. The Bertz CT molecular complexity index is 807. The molecule has 0 aliphatic heterocycles. The summed E-state index contributed by atoms with van der Waals surface area (Å²) in [6.07, 6.45) is 0. The SMILES string of the molecule is Cc1nn(Cc2ccccc2Cl)c(S(=O)(=O)Cl)c1C#N. The average molecular weight is 330 g/mol. The first-order valence-electron chi connectivity index (χ1n) is 5.50. The molecule has 104 valence electrons. The molecule has 2 aromatic rings. The van der Waals surface area contributed by atoms with Gasteiger partial charge in [0.05, 0.1) is 12.2 Å². The van der Waals surface area contributed by atoms with Crippen molar-refractivity contribution in [2.75, 3.05) is 0 Å². The van der Waals surface area contributed by atoms with E-state index >= 15 is 0 Å². The van der Waals surface area contributed by atoms with Gasteiger partial charge < -0.3 is 0 Å². The van der Waals surface area contributed by atoms with E-state index in [2.05, 4.69) is 5.10 Å². The Morgan fingerprint density at radius 3 is 2.60 bits per heavy atom. The highest BCUT2D eigenvalue weighted by atomic mass is 35.7. The van der Waals surface area contributed by atoms with Crippen molar-refractivity contribution in [3.8, 4) is 6.07 Å². The molecule has 0 radical (unpaired) electrons. The van der Waals surface area contributed by atoms with E-state index in [9.17, 15) is 8.42 Å². The Kier molecular flexibility index (Phi) is 4.04. The largest absolute Gasteiger partial charge is 0.279 e. The standard InChI is InChI=1S/C12H9Cl2N3O2S/c1-8-10(6-15)12(20(14,18)19)17(16-8)7-9-4-2-3-5-11(9)13/h2-5H,7H2,1H3. The normalized spacial score (nSPS) is 11.3. The van der Waals surface area contributed by atoms with Crippen molar-refractivity contribution in [1.82, 2.24) is 9.78 Å². The van der Waals surface area contributed by atoms with Crippen molar-refractivity contribution in [2.24, 2.45) is 0 Å². The van der Waals surface area contributed by atoms with Crippen molar-refractivity contribution in [3.05, 3.63) is 46.1 Å². The number of nitriles is 1. The maximum atomic E-state index is 11.6. The topological polar surface area (TPSA) is 75.8 Å². The molecular formula is C12H9Cl2N3O2S. The first kappa shape index (κ1) is 14.9. The number of aromatic nitrogens is 2. The van der Waals surface area contributed by atoms with Crippen LogP contribution in [0.25, 0.3) is 0 Å². The van der Waals surface area contributed by atoms with Crippen LogP contribution in [0.15, 0.2) is 29.3 Å². The molecule has 0 amide bonds. The molecule has 8 heteroatoms. The van der Waals surface area contributed by atoms with Crippen LogP contribution in [0.2, 0.25) is 5.02 Å². The van der Waals surface area contributed by atoms with Gasteiger partial charge in [-0.1, -0.05) is 29.8 Å². The van der Waals surface area contributed by atoms with Crippen LogP contribution in [0.5, 0.6) is 0 Å². The lowest BCUT2D eigenvalue weighted by Crippen LogP contribution is -2.09. The fourth-order valence-corrected chi connectivity index (χ4v) is 3.29. The highest BCUT2D eigenvalue weighted by molar-refractivity contribution is 8.13. The Morgan fingerprint density at radius 1 is 1.40 bits per heavy atom. The molecule has 0 spiro atoms. The number of halogens is 2. The minimum Gasteiger partial charge on any atom is -0.247 e. The highest BCUT2D eigenvalue weighted by Crippen LogP contribution is 2.24. The summed E-state index contributed by atoms with van der Waals surface area (Å²) in [4.78, 5) is 0. The summed E-state index contributed by atoms with van der Waals surface area (Å²) in [7, 11) is 1.31. The van der Waals surface area contributed by atoms with Gasteiger partial charge in [0.1, 0.15) is 11.6 Å². The van der Waals surface area contributed by atoms with Crippen molar-refractivity contribution in [3.63, 3.8) is 0 Å². The van der Waals surface area contributed by atoms with E-state index < -0.39 is 9.05 Å². The van der Waals surface area contributed by atoms with Gasteiger partial charge in [-0.15, -0.1) is 0 Å². The number of hydrogen-bond donors (Lipinski definition) is 0. The molecular weight excluding hydrogens is 321 g/mol. The molecule has 0 aliphatic rings. The van der Waals surface area contributed by atoms with Crippen LogP contribution in [-0.4, -0.2) is 18.2 Å². The maximum absolute atomic E-state index is 11.6. The van der Waals surface area contributed by atoms with Crippen LogP contribution in [0, 0.1) is 18.3 Å². The summed E-state index contributed by atoms with van der Waals surface area (Å²) >= 11 is 6.03. The van der Waals surface area contributed by atoms with Gasteiger partial charge in [0.15, 0.2) is 5.03 Å². The van der Waals surface area contributed by atoms with Crippen molar-refractivity contribution >= 4 is 31.3 Å². The summed E-state index contributed by atoms with van der Waals surface area (Å²) in [6, 6.07) is 8.78. The molecule has 0 aliphatic carbocycles. The fourth-order valence-electron chi connectivity index (χ4n) is 1.83. The molecule has 0 saturated carbocycles. The van der Waals surface area contributed by atoms with E-state index in [-0.39, 0.29) is 17.1 Å². The molecule has 0 saturated heterocycles. The molecule has 2 rings (SSSR count). The van der Waals surface area contributed by atoms with Crippen molar-refractivity contribution in [2.45, 2.75) is 18.5 Å². The van der Waals surface area contributed by atoms with E-state index in [0.29, 0.717) is 16.3 Å². The summed E-state index contributed by atoms with van der Waals surface area (Å²) in [5, 5.41) is 13.3. The maximum Gasteiger partial charge on any atom is 0.279 e. The second-order valence-corrected chi connectivity index (χ2v) is 6.95. The smallest absolute Gasteiger partial charge is 0.247 e. The van der Waals surface area contributed by atoms with Crippen LogP contribution in [0.1, 0.15) is 16.8 Å². The van der Waals surface area contributed by atoms with Crippen LogP contribution in [0.3, 0.4) is 0 Å². The summed E-state index contributed by atoms with van der Waals surface area (Å²) < 4.78 is 24.5. The minimum atomic E-state index is -4.08. The quantitative estimate of drug-likeness (QED) is 0.811. The third-order valence-electron chi connectivity index (χ3n) is 2.70. The van der Waals surface area contributed by atoms with Crippen molar-refractivity contribution in [1.29, 1.82) is 5.26 Å². The highest BCUT2D eigenvalue weighted by Gasteiger charge is 2.25. The molecule has 0 N–H and O–H groups in total. The predicted octanol–water partition coefficient (Wildman–Crippen LogP) is 2.69. The van der Waals surface area contributed by atoms with Gasteiger partial charge in [-0.2, -0.15) is 10.4 Å². The van der Waals surface area contributed by atoms with E-state index in [1.807, 2.05) is 6.07 Å². The zero-order valence-corrected chi connectivity index (χ0v) is 12.7. The molecule has 20 heavy (non-hydrogen) atoms. The van der Waals surface area contributed by atoms with Gasteiger partial charge in [-0.3, -0.25) is 0 Å². The van der Waals surface area contributed by atoms with Gasteiger partial charge in [-0.05, 0) is 18.6 Å². The second kappa shape index (κ2) is 5.44. The lowest BCUT2D eigenvalue weighted by molar-refractivity contribution is 0.572. The summed E-state index contributed by atoms with van der Waals surface area (Å²) in [5.41, 5.74) is 0.938. The molecule has 5 nitrogen and oxygen atoms in total. The van der Waals surface area contributed by atoms with Gasteiger partial charge >= 0.3 is 0 Å². The van der Waals surface area contributed by atoms with E-state index in [1.54, 1.807) is 31.2 Å². The third kappa shape index (κ3) is 2.80. The number of rotatable bonds is 3. The number of nitrogens with zero attached hydrogens (tertiary/aromatic N) is 3. The second-order valence-electron chi connectivity index (χ2n) is 4.06. The Hall–Kier alpha value is -1.55. The fraction of sp³-hybridized carbons (Fsp3) is 0.167. The Morgan fingerprint density at radius 2 is 2.05 bits per heavy atom. The van der Waals surface area contributed by atoms with E-state index in [0.717, 1.165) is 0 Å². The van der Waals surface area contributed by atoms with Gasteiger partial charge in [0.25, 0.3) is 9.05 Å². The third-order valence-corrected chi connectivity index (χ3v) is 4.39. The van der Waals surface area contributed by atoms with Gasteiger partial charge in [-0.25, -0.2) is 13.1 Å². The molecule has 0 atom stereocenters. The minimum absolute atomic E-state index is 0.0490. The Balaban J connectivity index is 2.60. The first-order valence-corrected chi connectivity index (χ1v) is 8.19. The van der Waals surface area contributed by atoms with Crippen LogP contribution in [-0.2, 0) is 15.6 Å². The number of aryl methyl sites for hydroxylation is 1. The van der Waals surface area contributed by atoms with Crippen LogP contribution >= 0.6 is 22.3 Å². The molecule has 0 unspecified atom stereocenters. The van der Waals surface area contributed by atoms with Crippen LogP contribution < -0.4 is 0 Å². The van der Waals surface area contributed by atoms with Crippen LogP contribution in [0.4, 0.5) is 0 Å². The summed E-state index contributed by atoms with van der Waals surface area (Å²) in [6.45, 7) is 1.66. The van der Waals surface area contributed by atoms with E-state index in [1.165, 1.54) is 4.68 Å². The van der Waals surface area contributed by atoms with Crippen molar-refractivity contribution < 1.29 is 8.42 Å². The average Bonchev–Trinajstić information content (AvgIpc) is 2.68. The zero-order chi connectivity index (χ0) is 14.9. The predicted molar refractivity (Wildman–Crippen MR) is 75.3 cm³/mol. The molecule has 1 aromatic carbocycles. The zero-order valence-electron chi connectivity index (χ0n) is 10.3. The van der Waals surface area contributed by atoms with E-state index in [4.69, 9.17) is 27.5 Å². The first-order chi connectivity index (χ1) is 9.34. The molecule has 0 fully saturated rings. The monoisotopic (exact) mass is 329 g/mol.